The molecule has 0 unspecified atom stereocenters. The first-order valence-electron chi connectivity index (χ1n) is 7.81. The SMILES string of the molecule is C=CCN(CCc1ccccc1)S(=O)(=O)c1cc(S(C)(=O)=O)ccc1Br. The van der Waals surface area contributed by atoms with Crippen LogP contribution in [0.2, 0.25) is 0 Å². The van der Waals surface area contributed by atoms with Crippen LogP contribution in [0, 0.1) is 0 Å². The number of hydrogen-bond donors (Lipinski definition) is 0. The van der Waals surface area contributed by atoms with Crippen molar-refractivity contribution >= 4 is 35.8 Å². The quantitative estimate of drug-likeness (QED) is 0.570. The summed E-state index contributed by atoms with van der Waals surface area (Å²) in [6.45, 7) is 4.02. The normalized spacial score (nSPS) is 12.3. The average molecular weight is 458 g/mol. The van der Waals surface area contributed by atoms with E-state index in [1.165, 1.54) is 28.6 Å². The van der Waals surface area contributed by atoms with Crippen molar-refractivity contribution in [3.8, 4) is 0 Å². The number of halogens is 1. The summed E-state index contributed by atoms with van der Waals surface area (Å²) in [5, 5.41) is 0. The zero-order valence-corrected chi connectivity index (χ0v) is 17.5. The van der Waals surface area contributed by atoms with Crippen LogP contribution in [0.25, 0.3) is 0 Å². The van der Waals surface area contributed by atoms with Crippen LogP contribution in [0.15, 0.2) is 75.4 Å². The lowest BCUT2D eigenvalue weighted by Crippen LogP contribution is -2.33. The van der Waals surface area contributed by atoms with Gasteiger partial charge in [-0.05, 0) is 46.1 Å². The maximum absolute atomic E-state index is 13.1. The van der Waals surface area contributed by atoms with Crippen molar-refractivity contribution in [1.82, 2.24) is 4.31 Å². The van der Waals surface area contributed by atoms with Gasteiger partial charge in [-0.2, -0.15) is 4.31 Å². The summed E-state index contributed by atoms with van der Waals surface area (Å²) in [6, 6.07) is 13.6. The third-order valence-electron chi connectivity index (χ3n) is 3.77. The molecule has 0 aromatic heterocycles. The Kier molecular flexibility index (Phi) is 6.79. The average Bonchev–Trinajstić information content (AvgIpc) is 2.58. The standard InChI is InChI=1S/C18H20BrNO4S2/c1-3-12-20(13-11-15-7-5-4-6-8-15)26(23,24)18-14-16(25(2,21)22)9-10-17(18)19/h3-10,14H,1,11-13H2,2H3. The highest BCUT2D eigenvalue weighted by molar-refractivity contribution is 9.10. The monoisotopic (exact) mass is 457 g/mol. The maximum Gasteiger partial charge on any atom is 0.244 e. The van der Waals surface area contributed by atoms with E-state index in [1.54, 1.807) is 0 Å². The molecular formula is C18H20BrNO4S2. The minimum Gasteiger partial charge on any atom is -0.224 e. The molecule has 140 valence electrons. The Morgan fingerprint density at radius 2 is 1.73 bits per heavy atom. The molecule has 0 spiro atoms. The Hall–Kier alpha value is -1.48. The predicted octanol–water partition coefficient (Wildman–Crippen LogP) is 3.27. The highest BCUT2D eigenvalue weighted by Gasteiger charge is 2.27. The van der Waals surface area contributed by atoms with Crippen LogP contribution < -0.4 is 0 Å². The van der Waals surface area contributed by atoms with Crippen molar-refractivity contribution in [2.24, 2.45) is 0 Å². The van der Waals surface area contributed by atoms with Gasteiger partial charge in [0.2, 0.25) is 10.0 Å². The second-order valence-corrected chi connectivity index (χ2v) is 10.5. The van der Waals surface area contributed by atoms with Gasteiger partial charge in [0.1, 0.15) is 0 Å². The molecule has 0 aliphatic rings. The van der Waals surface area contributed by atoms with Crippen molar-refractivity contribution in [2.45, 2.75) is 16.2 Å². The second-order valence-electron chi connectivity index (χ2n) is 5.75. The molecule has 5 nitrogen and oxygen atoms in total. The van der Waals surface area contributed by atoms with Crippen LogP contribution in [-0.2, 0) is 26.3 Å². The van der Waals surface area contributed by atoms with E-state index in [9.17, 15) is 16.8 Å². The summed E-state index contributed by atoms with van der Waals surface area (Å²) in [4.78, 5) is -0.115. The number of nitrogens with zero attached hydrogens (tertiary/aromatic N) is 1. The van der Waals surface area contributed by atoms with Crippen LogP contribution in [0.1, 0.15) is 5.56 Å². The highest BCUT2D eigenvalue weighted by atomic mass is 79.9. The lowest BCUT2D eigenvalue weighted by Gasteiger charge is -2.22. The van der Waals surface area contributed by atoms with Gasteiger partial charge in [0.15, 0.2) is 9.84 Å². The molecule has 0 amide bonds. The van der Waals surface area contributed by atoms with Gasteiger partial charge in [-0.25, -0.2) is 16.8 Å². The first kappa shape index (κ1) is 20.8. The van der Waals surface area contributed by atoms with E-state index in [2.05, 4.69) is 22.5 Å². The van der Waals surface area contributed by atoms with Crippen molar-refractivity contribution in [2.75, 3.05) is 19.3 Å². The molecule has 0 radical (unpaired) electrons. The van der Waals surface area contributed by atoms with Gasteiger partial charge in [0.05, 0.1) is 9.79 Å². The third-order valence-corrected chi connectivity index (χ3v) is 7.74. The van der Waals surface area contributed by atoms with Crippen LogP contribution in [0.5, 0.6) is 0 Å². The third kappa shape index (κ3) is 5.03. The molecule has 0 aliphatic heterocycles. The van der Waals surface area contributed by atoms with E-state index >= 15 is 0 Å². The number of sulfone groups is 1. The first-order chi connectivity index (χ1) is 12.2. The summed E-state index contributed by atoms with van der Waals surface area (Å²) in [6.07, 6.45) is 3.09. The fraction of sp³-hybridized carbons (Fsp3) is 0.222. The molecule has 2 aromatic rings. The number of benzene rings is 2. The minimum atomic E-state index is -3.90. The van der Waals surface area contributed by atoms with Crippen molar-refractivity contribution in [3.05, 3.63) is 71.2 Å². The molecule has 0 bridgehead atoms. The lowest BCUT2D eigenvalue weighted by atomic mass is 10.1. The summed E-state index contributed by atoms with van der Waals surface area (Å²) < 4.78 is 51.4. The lowest BCUT2D eigenvalue weighted by molar-refractivity contribution is 0.445. The summed E-state index contributed by atoms with van der Waals surface area (Å²) in [5.41, 5.74) is 1.01. The molecule has 0 aliphatic carbocycles. The minimum absolute atomic E-state index is 0.0408. The van der Waals surface area contributed by atoms with E-state index < -0.39 is 19.9 Å². The zero-order valence-electron chi connectivity index (χ0n) is 14.3. The van der Waals surface area contributed by atoms with E-state index in [4.69, 9.17) is 0 Å². The topological polar surface area (TPSA) is 71.5 Å². The number of hydrogen-bond acceptors (Lipinski definition) is 4. The number of sulfonamides is 1. The smallest absolute Gasteiger partial charge is 0.224 e. The fourth-order valence-corrected chi connectivity index (χ4v) is 5.49. The molecule has 0 N–H and O–H groups in total. The fourth-order valence-electron chi connectivity index (χ4n) is 2.40. The summed E-state index contributed by atoms with van der Waals surface area (Å²) in [7, 11) is -7.42. The predicted molar refractivity (Wildman–Crippen MR) is 106 cm³/mol. The summed E-state index contributed by atoms with van der Waals surface area (Å²) in [5.74, 6) is 0. The molecule has 0 atom stereocenters. The Morgan fingerprint density at radius 3 is 2.31 bits per heavy atom. The van der Waals surface area contributed by atoms with E-state index in [-0.39, 0.29) is 22.9 Å². The molecule has 0 saturated carbocycles. The first-order valence-corrected chi connectivity index (χ1v) is 11.9. The van der Waals surface area contributed by atoms with E-state index in [0.29, 0.717) is 10.9 Å². The summed E-state index contributed by atoms with van der Waals surface area (Å²) >= 11 is 3.22. The van der Waals surface area contributed by atoms with Crippen LogP contribution in [0.4, 0.5) is 0 Å². The van der Waals surface area contributed by atoms with Crippen LogP contribution in [-0.4, -0.2) is 40.5 Å². The van der Waals surface area contributed by atoms with Crippen molar-refractivity contribution in [3.63, 3.8) is 0 Å². The van der Waals surface area contributed by atoms with E-state index in [1.807, 2.05) is 30.3 Å². The van der Waals surface area contributed by atoms with Gasteiger partial charge in [-0.15, -0.1) is 6.58 Å². The number of rotatable bonds is 8. The van der Waals surface area contributed by atoms with Gasteiger partial charge in [-0.1, -0.05) is 36.4 Å². The van der Waals surface area contributed by atoms with Gasteiger partial charge in [0.25, 0.3) is 0 Å². The molecule has 0 saturated heterocycles. The van der Waals surface area contributed by atoms with Crippen LogP contribution in [0.3, 0.4) is 0 Å². The van der Waals surface area contributed by atoms with Gasteiger partial charge in [0, 0.05) is 23.8 Å². The molecular weight excluding hydrogens is 438 g/mol. The maximum atomic E-state index is 13.1. The molecule has 2 rings (SSSR count). The van der Waals surface area contributed by atoms with E-state index in [0.717, 1.165) is 11.8 Å². The van der Waals surface area contributed by atoms with Gasteiger partial charge in [-0.3, -0.25) is 0 Å². The molecule has 26 heavy (non-hydrogen) atoms. The van der Waals surface area contributed by atoms with Crippen molar-refractivity contribution < 1.29 is 16.8 Å². The molecule has 2 aromatic carbocycles. The molecule has 0 heterocycles. The Balaban J connectivity index is 2.39. The van der Waals surface area contributed by atoms with Gasteiger partial charge >= 0.3 is 0 Å². The van der Waals surface area contributed by atoms with Crippen molar-refractivity contribution in [1.29, 1.82) is 0 Å². The highest BCUT2D eigenvalue weighted by Crippen LogP contribution is 2.28. The Morgan fingerprint density at radius 1 is 1.08 bits per heavy atom. The largest absolute Gasteiger partial charge is 0.244 e. The Bertz CT molecular complexity index is 987. The second kappa shape index (κ2) is 8.47. The van der Waals surface area contributed by atoms with Crippen LogP contribution >= 0.6 is 15.9 Å². The zero-order chi connectivity index (χ0) is 19.4. The van der Waals surface area contributed by atoms with Gasteiger partial charge < -0.3 is 0 Å². The molecule has 8 heteroatoms. The Labute approximate surface area is 163 Å². The molecule has 0 fully saturated rings.